The third kappa shape index (κ3) is 4.38. The Labute approximate surface area is 126 Å². The molecule has 1 fully saturated rings. The van der Waals surface area contributed by atoms with Gasteiger partial charge in [0.25, 0.3) is 0 Å². The highest BCUT2D eigenvalue weighted by molar-refractivity contribution is 5.81. The fourth-order valence-electron chi connectivity index (χ4n) is 2.40. The Morgan fingerprint density at radius 1 is 1.24 bits per heavy atom. The Hall–Kier alpha value is -1.71. The van der Waals surface area contributed by atoms with E-state index in [2.05, 4.69) is 12.2 Å². The van der Waals surface area contributed by atoms with Crippen molar-refractivity contribution >= 4 is 5.91 Å². The first-order valence-electron chi connectivity index (χ1n) is 7.81. The fraction of sp³-hybridized carbons (Fsp3) is 0.588. The zero-order valence-electron chi connectivity index (χ0n) is 13.1. The lowest BCUT2D eigenvalue weighted by atomic mass is 10.1. The van der Waals surface area contributed by atoms with Gasteiger partial charge in [-0.05, 0) is 50.3 Å². The SMILES string of the molecule is CCOc1ccc(CCNC(=O)C2CC2C)cc1OCC. The number of carbonyl (C=O) groups is 1. The van der Waals surface area contributed by atoms with E-state index in [-0.39, 0.29) is 11.8 Å². The van der Waals surface area contributed by atoms with Crippen molar-refractivity contribution in [3.63, 3.8) is 0 Å². The van der Waals surface area contributed by atoms with E-state index in [1.165, 1.54) is 0 Å². The highest BCUT2D eigenvalue weighted by Gasteiger charge is 2.38. The standard InChI is InChI=1S/C17H25NO3/c1-4-20-15-7-6-13(11-16(15)21-5-2)8-9-18-17(19)14-10-12(14)3/h6-7,11-12,14H,4-5,8-10H2,1-3H3,(H,18,19). The molecule has 1 aromatic rings. The van der Waals surface area contributed by atoms with Crippen LogP contribution in [0.5, 0.6) is 11.5 Å². The van der Waals surface area contributed by atoms with Gasteiger partial charge in [-0.1, -0.05) is 13.0 Å². The molecule has 116 valence electrons. The van der Waals surface area contributed by atoms with Crippen LogP contribution in [0.4, 0.5) is 0 Å². The largest absolute Gasteiger partial charge is 0.490 e. The molecule has 2 unspecified atom stereocenters. The summed E-state index contributed by atoms with van der Waals surface area (Å²) in [6, 6.07) is 5.97. The van der Waals surface area contributed by atoms with E-state index in [1.807, 2.05) is 32.0 Å². The summed E-state index contributed by atoms with van der Waals surface area (Å²) in [6.07, 6.45) is 1.84. The zero-order valence-corrected chi connectivity index (χ0v) is 13.1. The van der Waals surface area contributed by atoms with E-state index in [1.54, 1.807) is 0 Å². The van der Waals surface area contributed by atoms with Crippen LogP contribution in [0.25, 0.3) is 0 Å². The van der Waals surface area contributed by atoms with E-state index < -0.39 is 0 Å². The first-order valence-corrected chi connectivity index (χ1v) is 7.81. The normalized spacial score (nSPS) is 20.0. The number of amides is 1. The van der Waals surface area contributed by atoms with Crippen molar-refractivity contribution in [2.24, 2.45) is 11.8 Å². The number of nitrogens with one attached hydrogen (secondary N) is 1. The minimum absolute atomic E-state index is 0.193. The summed E-state index contributed by atoms with van der Waals surface area (Å²) < 4.78 is 11.2. The topological polar surface area (TPSA) is 47.6 Å². The molecule has 0 bridgehead atoms. The van der Waals surface area contributed by atoms with Crippen molar-refractivity contribution in [3.05, 3.63) is 23.8 Å². The fourth-order valence-corrected chi connectivity index (χ4v) is 2.40. The van der Waals surface area contributed by atoms with Crippen LogP contribution in [0, 0.1) is 11.8 Å². The highest BCUT2D eigenvalue weighted by Crippen LogP contribution is 2.37. The number of benzene rings is 1. The predicted octanol–water partition coefficient (Wildman–Crippen LogP) is 2.80. The molecule has 2 atom stereocenters. The molecule has 2 rings (SSSR count). The Kier molecular flexibility index (Phi) is 5.48. The molecule has 0 radical (unpaired) electrons. The van der Waals surface area contributed by atoms with Crippen molar-refractivity contribution in [3.8, 4) is 11.5 Å². The lowest BCUT2D eigenvalue weighted by Gasteiger charge is -2.12. The van der Waals surface area contributed by atoms with Crippen LogP contribution in [0.2, 0.25) is 0 Å². The minimum Gasteiger partial charge on any atom is -0.490 e. The molecule has 0 saturated heterocycles. The van der Waals surface area contributed by atoms with Gasteiger partial charge in [-0.25, -0.2) is 0 Å². The summed E-state index contributed by atoms with van der Waals surface area (Å²) >= 11 is 0. The summed E-state index contributed by atoms with van der Waals surface area (Å²) in [5, 5.41) is 3.00. The first kappa shape index (κ1) is 15.7. The number of hydrogen-bond donors (Lipinski definition) is 1. The van der Waals surface area contributed by atoms with Gasteiger partial charge < -0.3 is 14.8 Å². The summed E-state index contributed by atoms with van der Waals surface area (Å²) in [5.41, 5.74) is 1.14. The Balaban J connectivity index is 1.87. The Morgan fingerprint density at radius 3 is 2.52 bits per heavy atom. The maximum absolute atomic E-state index is 11.8. The third-order valence-electron chi connectivity index (χ3n) is 3.77. The van der Waals surface area contributed by atoms with E-state index in [9.17, 15) is 4.79 Å². The lowest BCUT2D eigenvalue weighted by molar-refractivity contribution is -0.122. The molecule has 0 aromatic heterocycles. The van der Waals surface area contributed by atoms with Gasteiger partial charge in [0.05, 0.1) is 13.2 Å². The number of hydrogen-bond acceptors (Lipinski definition) is 3. The van der Waals surface area contributed by atoms with Crippen LogP contribution >= 0.6 is 0 Å². The monoisotopic (exact) mass is 291 g/mol. The lowest BCUT2D eigenvalue weighted by Crippen LogP contribution is -2.27. The van der Waals surface area contributed by atoms with Gasteiger partial charge in [-0.15, -0.1) is 0 Å². The Morgan fingerprint density at radius 2 is 1.90 bits per heavy atom. The van der Waals surface area contributed by atoms with Gasteiger partial charge in [0.15, 0.2) is 11.5 Å². The number of carbonyl (C=O) groups excluding carboxylic acids is 1. The molecule has 1 aliphatic carbocycles. The van der Waals surface area contributed by atoms with Crippen LogP contribution < -0.4 is 14.8 Å². The van der Waals surface area contributed by atoms with Crippen molar-refractivity contribution < 1.29 is 14.3 Å². The Bertz CT molecular complexity index is 487. The van der Waals surface area contributed by atoms with Gasteiger partial charge in [0.1, 0.15) is 0 Å². The molecule has 0 aliphatic heterocycles. The van der Waals surface area contributed by atoms with Gasteiger partial charge >= 0.3 is 0 Å². The maximum Gasteiger partial charge on any atom is 0.223 e. The average molecular weight is 291 g/mol. The van der Waals surface area contributed by atoms with E-state index in [0.29, 0.717) is 25.7 Å². The first-order chi connectivity index (χ1) is 10.2. The molecule has 1 N–H and O–H groups in total. The van der Waals surface area contributed by atoms with Gasteiger partial charge in [-0.3, -0.25) is 4.79 Å². The third-order valence-corrected chi connectivity index (χ3v) is 3.77. The van der Waals surface area contributed by atoms with Crippen molar-refractivity contribution in [2.45, 2.75) is 33.6 Å². The quantitative estimate of drug-likeness (QED) is 0.801. The molecule has 1 aliphatic rings. The second-order valence-electron chi connectivity index (χ2n) is 5.51. The molecule has 0 spiro atoms. The van der Waals surface area contributed by atoms with Gasteiger partial charge in [0, 0.05) is 12.5 Å². The molecule has 4 nitrogen and oxygen atoms in total. The molecule has 0 heterocycles. The van der Waals surface area contributed by atoms with Crippen LogP contribution in [-0.2, 0) is 11.2 Å². The van der Waals surface area contributed by atoms with E-state index in [0.717, 1.165) is 29.9 Å². The number of ether oxygens (including phenoxy) is 2. The van der Waals surface area contributed by atoms with Gasteiger partial charge in [-0.2, -0.15) is 0 Å². The van der Waals surface area contributed by atoms with Crippen LogP contribution in [0.15, 0.2) is 18.2 Å². The van der Waals surface area contributed by atoms with Crippen molar-refractivity contribution in [1.82, 2.24) is 5.32 Å². The zero-order chi connectivity index (χ0) is 15.2. The molecule has 21 heavy (non-hydrogen) atoms. The minimum atomic E-state index is 0.193. The smallest absolute Gasteiger partial charge is 0.223 e. The van der Waals surface area contributed by atoms with Crippen molar-refractivity contribution in [2.75, 3.05) is 19.8 Å². The summed E-state index contributed by atoms with van der Waals surface area (Å²) in [4.78, 5) is 11.8. The summed E-state index contributed by atoms with van der Waals surface area (Å²) in [7, 11) is 0. The van der Waals surface area contributed by atoms with Crippen LogP contribution in [0.3, 0.4) is 0 Å². The summed E-state index contributed by atoms with van der Waals surface area (Å²) in [5.74, 6) is 2.54. The van der Waals surface area contributed by atoms with Crippen molar-refractivity contribution in [1.29, 1.82) is 0 Å². The molecular weight excluding hydrogens is 266 g/mol. The van der Waals surface area contributed by atoms with E-state index in [4.69, 9.17) is 9.47 Å². The van der Waals surface area contributed by atoms with E-state index >= 15 is 0 Å². The summed E-state index contributed by atoms with van der Waals surface area (Å²) in [6.45, 7) is 7.93. The molecular formula is C17H25NO3. The van der Waals surface area contributed by atoms with Crippen LogP contribution in [-0.4, -0.2) is 25.7 Å². The predicted molar refractivity (Wildman–Crippen MR) is 82.8 cm³/mol. The molecule has 4 heteroatoms. The molecule has 1 saturated carbocycles. The average Bonchev–Trinajstić information content (AvgIpc) is 3.19. The molecule has 1 amide bonds. The second-order valence-corrected chi connectivity index (χ2v) is 5.51. The van der Waals surface area contributed by atoms with Crippen LogP contribution in [0.1, 0.15) is 32.8 Å². The van der Waals surface area contributed by atoms with Gasteiger partial charge in [0.2, 0.25) is 5.91 Å². The number of rotatable bonds is 8. The molecule has 1 aromatic carbocycles. The second kappa shape index (κ2) is 7.34. The highest BCUT2D eigenvalue weighted by atomic mass is 16.5. The maximum atomic E-state index is 11.8.